The highest BCUT2D eigenvalue weighted by atomic mass is 19.1. The first-order valence-electron chi connectivity index (χ1n) is 6.55. The van der Waals surface area contributed by atoms with Gasteiger partial charge in [0.2, 0.25) is 0 Å². The molecule has 0 radical (unpaired) electrons. The second-order valence-electron chi connectivity index (χ2n) is 5.13. The first-order valence-corrected chi connectivity index (χ1v) is 6.55. The third-order valence-electron chi connectivity index (χ3n) is 2.91. The molecule has 0 saturated carbocycles. The van der Waals surface area contributed by atoms with Gasteiger partial charge in [-0.2, -0.15) is 0 Å². The fourth-order valence-electron chi connectivity index (χ4n) is 1.87. The van der Waals surface area contributed by atoms with Crippen LogP contribution in [0.5, 0.6) is 0 Å². The standard InChI is InChI=1S/C15H24FN/c1-12(2)11-17-9-5-4-6-14-10-15(16)8-7-13(14)3/h7-8,10,12,17H,4-6,9,11H2,1-3H3. The van der Waals surface area contributed by atoms with Crippen LogP contribution in [0.4, 0.5) is 4.39 Å². The summed E-state index contributed by atoms with van der Waals surface area (Å²) in [6.07, 6.45) is 3.25. The highest BCUT2D eigenvalue weighted by Gasteiger charge is 2.00. The van der Waals surface area contributed by atoms with Crippen LogP contribution in [-0.2, 0) is 6.42 Å². The number of halogens is 1. The van der Waals surface area contributed by atoms with Crippen molar-refractivity contribution in [2.24, 2.45) is 5.92 Å². The van der Waals surface area contributed by atoms with E-state index < -0.39 is 0 Å². The predicted molar refractivity (Wildman–Crippen MR) is 71.8 cm³/mol. The summed E-state index contributed by atoms with van der Waals surface area (Å²) < 4.78 is 13.1. The zero-order valence-corrected chi connectivity index (χ0v) is 11.2. The van der Waals surface area contributed by atoms with Gasteiger partial charge < -0.3 is 5.32 Å². The predicted octanol–water partition coefficient (Wildman–Crippen LogP) is 3.70. The molecule has 1 aromatic rings. The highest BCUT2D eigenvalue weighted by Crippen LogP contribution is 2.12. The van der Waals surface area contributed by atoms with Crippen LogP contribution in [0.25, 0.3) is 0 Å². The Balaban J connectivity index is 2.20. The van der Waals surface area contributed by atoms with Crippen molar-refractivity contribution in [3.05, 3.63) is 35.1 Å². The average molecular weight is 237 g/mol. The van der Waals surface area contributed by atoms with Crippen LogP contribution < -0.4 is 5.32 Å². The Labute approximate surface area is 104 Å². The summed E-state index contributed by atoms with van der Waals surface area (Å²) in [7, 11) is 0. The number of benzene rings is 1. The van der Waals surface area contributed by atoms with Crippen LogP contribution in [0, 0.1) is 18.7 Å². The molecule has 0 aliphatic carbocycles. The lowest BCUT2D eigenvalue weighted by Gasteiger charge is -2.08. The minimum absolute atomic E-state index is 0.122. The van der Waals surface area contributed by atoms with Gasteiger partial charge in [0.25, 0.3) is 0 Å². The van der Waals surface area contributed by atoms with Gasteiger partial charge >= 0.3 is 0 Å². The van der Waals surface area contributed by atoms with Crippen molar-refractivity contribution in [3.8, 4) is 0 Å². The van der Waals surface area contributed by atoms with E-state index in [1.807, 2.05) is 13.0 Å². The van der Waals surface area contributed by atoms with Gasteiger partial charge in [-0.25, -0.2) is 4.39 Å². The Morgan fingerprint density at radius 3 is 2.71 bits per heavy atom. The number of hydrogen-bond donors (Lipinski definition) is 1. The number of rotatable bonds is 7. The molecule has 0 amide bonds. The summed E-state index contributed by atoms with van der Waals surface area (Å²) in [4.78, 5) is 0. The third kappa shape index (κ3) is 5.83. The summed E-state index contributed by atoms with van der Waals surface area (Å²) in [6, 6.07) is 5.06. The zero-order valence-electron chi connectivity index (χ0n) is 11.2. The van der Waals surface area contributed by atoms with Crippen LogP contribution in [0.3, 0.4) is 0 Å². The molecule has 17 heavy (non-hydrogen) atoms. The van der Waals surface area contributed by atoms with Crippen LogP contribution >= 0.6 is 0 Å². The molecule has 0 spiro atoms. The van der Waals surface area contributed by atoms with Gasteiger partial charge in [-0.15, -0.1) is 0 Å². The lowest BCUT2D eigenvalue weighted by molar-refractivity contribution is 0.535. The summed E-state index contributed by atoms with van der Waals surface area (Å²) in [5.74, 6) is 0.587. The number of hydrogen-bond acceptors (Lipinski definition) is 1. The molecule has 0 aromatic heterocycles. The molecule has 96 valence electrons. The summed E-state index contributed by atoms with van der Waals surface area (Å²) in [6.45, 7) is 8.61. The molecule has 1 rings (SSSR count). The Hall–Kier alpha value is -0.890. The fraction of sp³-hybridized carbons (Fsp3) is 0.600. The number of aryl methyl sites for hydroxylation is 2. The Kier molecular flexibility index (Phi) is 6.20. The molecule has 1 aromatic carbocycles. The maximum atomic E-state index is 13.1. The lowest BCUT2D eigenvalue weighted by Crippen LogP contribution is -2.20. The smallest absolute Gasteiger partial charge is 0.123 e. The summed E-state index contributed by atoms with van der Waals surface area (Å²) in [5, 5.41) is 3.42. The normalized spacial score (nSPS) is 11.1. The van der Waals surface area contributed by atoms with Crippen LogP contribution in [-0.4, -0.2) is 13.1 Å². The maximum Gasteiger partial charge on any atom is 0.123 e. The van der Waals surface area contributed by atoms with Gasteiger partial charge in [0.15, 0.2) is 0 Å². The van der Waals surface area contributed by atoms with E-state index in [0.29, 0.717) is 5.92 Å². The topological polar surface area (TPSA) is 12.0 Å². The molecule has 1 nitrogen and oxygen atoms in total. The van der Waals surface area contributed by atoms with E-state index in [4.69, 9.17) is 0 Å². The quantitative estimate of drug-likeness (QED) is 0.713. The second-order valence-corrected chi connectivity index (χ2v) is 5.13. The van der Waals surface area contributed by atoms with Crippen LogP contribution in [0.1, 0.15) is 37.8 Å². The summed E-state index contributed by atoms with van der Waals surface area (Å²) in [5.41, 5.74) is 2.34. The fourth-order valence-corrected chi connectivity index (χ4v) is 1.87. The van der Waals surface area contributed by atoms with Gasteiger partial charge in [0.1, 0.15) is 5.82 Å². The molecule has 0 atom stereocenters. The SMILES string of the molecule is Cc1ccc(F)cc1CCCCNCC(C)C. The zero-order chi connectivity index (χ0) is 12.7. The third-order valence-corrected chi connectivity index (χ3v) is 2.91. The minimum atomic E-state index is -0.122. The largest absolute Gasteiger partial charge is 0.316 e. The van der Waals surface area contributed by atoms with Gasteiger partial charge in [-0.1, -0.05) is 19.9 Å². The van der Waals surface area contributed by atoms with E-state index in [2.05, 4.69) is 19.2 Å². The number of unbranched alkanes of at least 4 members (excludes halogenated alkanes) is 1. The van der Waals surface area contributed by atoms with Crippen molar-refractivity contribution >= 4 is 0 Å². The molecule has 0 aliphatic rings. The molecule has 0 heterocycles. The van der Waals surface area contributed by atoms with Gasteiger partial charge in [0.05, 0.1) is 0 Å². The second kappa shape index (κ2) is 7.44. The van der Waals surface area contributed by atoms with Crippen LogP contribution in [0.2, 0.25) is 0 Å². The molecular formula is C15H24FN. The Morgan fingerprint density at radius 1 is 1.24 bits per heavy atom. The van der Waals surface area contributed by atoms with E-state index in [1.165, 1.54) is 11.6 Å². The van der Waals surface area contributed by atoms with E-state index >= 15 is 0 Å². The highest BCUT2D eigenvalue weighted by molar-refractivity contribution is 5.26. The van der Waals surface area contributed by atoms with Gasteiger partial charge in [-0.3, -0.25) is 0 Å². The number of nitrogens with one attached hydrogen (secondary N) is 1. The molecule has 0 fully saturated rings. The molecule has 0 bridgehead atoms. The van der Waals surface area contributed by atoms with Crippen molar-refractivity contribution < 1.29 is 4.39 Å². The molecule has 0 saturated heterocycles. The van der Waals surface area contributed by atoms with E-state index in [1.54, 1.807) is 6.07 Å². The van der Waals surface area contributed by atoms with Gasteiger partial charge in [0, 0.05) is 0 Å². The monoisotopic (exact) mass is 237 g/mol. The Morgan fingerprint density at radius 2 is 2.00 bits per heavy atom. The van der Waals surface area contributed by atoms with Crippen molar-refractivity contribution in [2.45, 2.75) is 40.0 Å². The molecule has 2 heteroatoms. The minimum Gasteiger partial charge on any atom is -0.316 e. The average Bonchev–Trinajstić information content (AvgIpc) is 2.27. The first kappa shape index (κ1) is 14.2. The van der Waals surface area contributed by atoms with E-state index in [9.17, 15) is 4.39 Å². The van der Waals surface area contributed by atoms with Crippen molar-refractivity contribution in [1.29, 1.82) is 0 Å². The molecule has 0 unspecified atom stereocenters. The first-order chi connectivity index (χ1) is 8.09. The van der Waals surface area contributed by atoms with E-state index in [0.717, 1.165) is 37.9 Å². The Bertz CT molecular complexity index is 334. The van der Waals surface area contributed by atoms with Crippen molar-refractivity contribution in [3.63, 3.8) is 0 Å². The van der Waals surface area contributed by atoms with Crippen molar-refractivity contribution in [1.82, 2.24) is 5.32 Å². The molecular weight excluding hydrogens is 213 g/mol. The van der Waals surface area contributed by atoms with Crippen LogP contribution in [0.15, 0.2) is 18.2 Å². The maximum absolute atomic E-state index is 13.1. The lowest BCUT2D eigenvalue weighted by atomic mass is 10.0. The van der Waals surface area contributed by atoms with E-state index in [-0.39, 0.29) is 5.82 Å². The molecule has 1 N–H and O–H groups in total. The summed E-state index contributed by atoms with van der Waals surface area (Å²) >= 11 is 0. The van der Waals surface area contributed by atoms with Gasteiger partial charge in [-0.05, 0) is 68.5 Å². The molecule has 0 aliphatic heterocycles. The van der Waals surface area contributed by atoms with Crippen molar-refractivity contribution in [2.75, 3.05) is 13.1 Å².